The van der Waals surface area contributed by atoms with Crippen molar-refractivity contribution in [2.75, 3.05) is 6.61 Å². The Kier molecular flexibility index (Phi) is 5.59. The van der Waals surface area contributed by atoms with Gasteiger partial charge in [-0.3, -0.25) is 10.1 Å². The van der Waals surface area contributed by atoms with Crippen molar-refractivity contribution in [3.8, 4) is 5.75 Å². The van der Waals surface area contributed by atoms with Crippen molar-refractivity contribution >= 4 is 33.2 Å². The van der Waals surface area contributed by atoms with Crippen LogP contribution in [0.1, 0.15) is 11.1 Å². The van der Waals surface area contributed by atoms with Gasteiger partial charge in [0.05, 0.1) is 17.4 Å². The van der Waals surface area contributed by atoms with E-state index in [0.717, 1.165) is 10.0 Å². The molecule has 0 aliphatic heterocycles. The summed E-state index contributed by atoms with van der Waals surface area (Å²) in [5.74, 6) is 1.05. The van der Waals surface area contributed by atoms with Gasteiger partial charge in [0.15, 0.2) is 0 Å². The maximum atomic E-state index is 10.9. The number of nitrogens with zero attached hydrogens (tertiary/aromatic N) is 1. The third-order valence-corrected chi connectivity index (χ3v) is 3.76. The van der Waals surface area contributed by atoms with Crippen LogP contribution in [0.2, 0.25) is 0 Å². The third-order valence-electron chi connectivity index (χ3n) is 2.98. The van der Waals surface area contributed by atoms with Gasteiger partial charge in [-0.25, -0.2) is 0 Å². The molecule has 0 aliphatic carbocycles. The lowest BCUT2D eigenvalue weighted by Gasteiger charge is -2.10. The van der Waals surface area contributed by atoms with Crippen molar-refractivity contribution in [3.63, 3.8) is 0 Å². The first-order chi connectivity index (χ1) is 10.1. The van der Waals surface area contributed by atoms with E-state index in [0.29, 0.717) is 30.2 Å². The molecule has 0 spiro atoms. The minimum absolute atomic E-state index is 0.120. The van der Waals surface area contributed by atoms with Crippen molar-refractivity contribution in [1.82, 2.24) is 0 Å². The molecule has 0 saturated heterocycles. The molecule has 2 rings (SSSR count). The predicted molar refractivity (Wildman–Crippen MR) is 86.0 cm³/mol. The molecule has 0 amide bonds. The van der Waals surface area contributed by atoms with Crippen LogP contribution >= 0.6 is 27.5 Å². The van der Waals surface area contributed by atoms with Crippen molar-refractivity contribution in [3.05, 3.63) is 68.2 Å². The molecule has 2 aromatic carbocycles. The Morgan fingerprint density at radius 3 is 2.67 bits per heavy atom. The molecule has 0 heterocycles. The first kappa shape index (κ1) is 15.8. The lowest BCUT2D eigenvalue weighted by Crippen LogP contribution is -2.05. The summed E-state index contributed by atoms with van der Waals surface area (Å²) in [6, 6.07) is 12.3. The van der Waals surface area contributed by atoms with Gasteiger partial charge in [0.2, 0.25) is 0 Å². The number of halogens is 2. The molecule has 110 valence electrons. The number of nitro groups is 1. The van der Waals surface area contributed by atoms with Crippen LogP contribution in [-0.2, 0) is 12.3 Å². The van der Waals surface area contributed by atoms with E-state index in [4.69, 9.17) is 16.3 Å². The van der Waals surface area contributed by atoms with Crippen molar-refractivity contribution in [1.29, 1.82) is 0 Å². The number of hydrogen-bond donors (Lipinski definition) is 0. The second-order valence-corrected chi connectivity index (χ2v) is 5.55. The van der Waals surface area contributed by atoms with E-state index < -0.39 is 0 Å². The van der Waals surface area contributed by atoms with Gasteiger partial charge < -0.3 is 4.74 Å². The topological polar surface area (TPSA) is 52.4 Å². The number of benzene rings is 2. The Balaban J connectivity index is 2.04. The SMILES string of the molecule is O=[N+]([O-])c1ccccc1CCOc1ccc(Br)cc1CCl. The van der Waals surface area contributed by atoms with E-state index in [1.54, 1.807) is 18.2 Å². The molecule has 4 nitrogen and oxygen atoms in total. The fourth-order valence-electron chi connectivity index (χ4n) is 1.96. The highest BCUT2D eigenvalue weighted by Gasteiger charge is 2.12. The average molecular weight is 371 g/mol. The Hall–Kier alpha value is -1.59. The van der Waals surface area contributed by atoms with Crippen molar-refractivity contribution < 1.29 is 9.66 Å². The zero-order chi connectivity index (χ0) is 15.2. The monoisotopic (exact) mass is 369 g/mol. The summed E-state index contributed by atoms with van der Waals surface area (Å²) < 4.78 is 6.63. The van der Waals surface area contributed by atoms with Gasteiger partial charge in [0.25, 0.3) is 5.69 Å². The molecule has 6 heteroatoms. The van der Waals surface area contributed by atoms with Crippen molar-refractivity contribution in [2.24, 2.45) is 0 Å². The summed E-state index contributed by atoms with van der Waals surface area (Å²) in [6.45, 7) is 0.358. The molecule has 0 bridgehead atoms. The molecule has 21 heavy (non-hydrogen) atoms. The van der Waals surface area contributed by atoms with Crippen LogP contribution in [0, 0.1) is 10.1 Å². The molecule has 2 aromatic rings. The largest absolute Gasteiger partial charge is 0.493 e. The molecule has 0 aliphatic rings. The highest BCUT2D eigenvalue weighted by Crippen LogP contribution is 2.25. The normalized spacial score (nSPS) is 10.4. The molecule has 0 fully saturated rings. The summed E-state index contributed by atoms with van der Waals surface area (Å²) in [6.07, 6.45) is 0.467. The second kappa shape index (κ2) is 7.43. The van der Waals surface area contributed by atoms with E-state index in [-0.39, 0.29) is 10.6 Å². The van der Waals surface area contributed by atoms with Gasteiger partial charge in [0.1, 0.15) is 5.75 Å². The highest BCUT2D eigenvalue weighted by molar-refractivity contribution is 9.10. The van der Waals surface area contributed by atoms with E-state index in [2.05, 4.69) is 15.9 Å². The van der Waals surface area contributed by atoms with E-state index in [1.165, 1.54) is 6.07 Å². The fourth-order valence-corrected chi connectivity index (χ4v) is 2.58. The maximum Gasteiger partial charge on any atom is 0.272 e. The summed E-state index contributed by atoms with van der Waals surface area (Å²) >= 11 is 9.25. The van der Waals surface area contributed by atoms with E-state index in [1.807, 2.05) is 18.2 Å². The minimum Gasteiger partial charge on any atom is -0.493 e. The first-order valence-corrected chi connectivity index (χ1v) is 7.64. The van der Waals surface area contributed by atoms with Crippen LogP contribution in [0.15, 0.2) is 46.9 Å². The zero-order valence-corrected chi connectivity index (χ0v) is 13.4. The summed E-state index contributed by atoms with van der Waals surface area (Å²) in [7, 11) is 0. The summed E-state index contributed by atoms with van der Waals surface area (Å²) in [5.41, 5.74) is 1.66. The standard InChI is InChI=1S/C15H13BrClNO3/c16-13-5-6-15(12(9-13)10-17)21-8-7-11-3-1-2-4-14(11)18(19)20/h1-6,9H,7-8,10H2. The van der Waals surface area contributed by atoms with Crippen LogP contribution in [0.25, 0.3) is 0 Å². The van der Waals surface area contributed by atoms with Gasteiger partial charge in [-0.05, 0) is 18.2 Å². The molecule has 0 radical (unpaired) electrons. The molecular weight excluding hydrogens is 358 g/mol. The number of rotatable bonds is 6. The van der Waals surface area contributed by atoms with Crippen LogP contribution in [0.4, 0.5) is 5.69 Å². The van der Waals surface area contributed by atoms with Gasteiger partial charge in [-0.1, -0.05) is 34.1 Å². The molecular formula is C15H13BrClNO3. The Morgan fingerprint density at radius 2 is 1.95 bits per heavy atom. The third kappa shape index (κ3) is 4.19. The fraction of sp³-hybridized carbons (Fsp3) is 0.200. The highest BCUT2D eigenvalue weighted by atomic mass is 79.9. The van der Waals surface area contributed by atoms with Crippen molar-refractivity contribution in [2.45, 2.75) is 12.3 Å². The van der Waals surface area contributed by atoms with E-state index >= 15 is 0 Å². The number of para-hydroxylation sites is 1. The molecule has 0 N–H and O–H groups in total. The zero-order valence-electron chi connectivity index (χ0n) is 11.1. The Bertz CT molecular complexity index is 649. The predicted octanol–water partition coefficient (Wildman–Crippen LogP) is 4.72. The first-order valence-electron chi connectivity index (χ1n) is 6.31. The summed E-state index contributed by atoms with van der Waals surface area (Å²) in [5, 5.41) is 10.9. The second-order valence-electron chi connectivity index (χ2n) is 4.37. The van der Waals surface area contributed by atoms with Gasteiger partial charge in [-0.15, -0.1) is 11.6 Å². The van der Waals surface area contributed by atoms with Gasteiger partial charge in [-0.2, -0.15) is 0 Å². The van der Waals surface area contributed by atoms with Crippen LogP contribution in [-0.4, -0.2) is 11.5 Å². The van der Waals surface area contributed by atoms with Crippen LogP contribution in [0.5, 0.6) is 5.75 Å². The van der Waals surface area contributed by atoms with Gasteiger partial charge >= 0.3 is 0 Å². The average Bonchev–Trinajstić information content (AvgIpc) is 2.49. The molecule has 0 aromatic heterocycles. The Morgan fingerprint density at radius 1 is 1.19 bits per heavy atom. The lowest BCUT2D eigenvalue weighted by atomic mass is 10.1. The maximum absolute atomic E-state index is 10.9. The molecule has 0 atom stereocenters. The minimum atomic E-state index is -0.376. The Labute approximate surface area is 136 Å². The van der Waals surface area contributed by atoms with Crippen LogP contribution in [0.3, 0.4) is 0 Å². The lowest BCUT2D eigenvalue weighted by molar-refractivity contribution is -0.385. The smallest absolute Gasteiger partial charge is 0.272 e. The molecule has 0 saturated carbocycles. The number of ether oxygens (including phenoxy) is 1. The van der Waals surface area contributed by atoms with Crippen LogP contribution < -0.4 is 4.74 Å². The number of alkyl halides is 1. The molecule has 0 unspecified atom stereocenters. The number of nitro benzene ring substituents is 1. The summed E-state index contributed by atoms with van der Waals surface area (Å²) in [4.78, 5) is 10.6. The quantitative estimate of drug-likeness (QED) is 0.420. The van der Waals surface area contributed by atoms with Gasteiger partial charge in [0, 0.05) is 28.1 Å². The van der Waals surface area contributed by atoms with E-state index in [9.17, 15) is 10.1 Å². The number of hydrogen-bond acceptors (Lipinski definition) is 3.